The van der Waals surface area contributed by atoms with Crippen molar-refractivity contribution < 1.29 is 14.3 Å². The molecule has 7 nitrogen and oxygen atoms in total. The highest BCUT2D eigenvalue weighted by Crippen LogP contribution is 2.30. The molecule has 0 unspecified atom stereocenters. The van der Waals surface area contributed by atoms with Gasteiger partial charge in [-0.25, -0.2) is 9.78 Å². The number of urea groups is 1. The van der Waals surface area contributed by atoms with Crippen LogP contribution in [0.4, 0.5) is 10.5 Å². The second kappa shape index (κ2) is 5.97. The van der Waals surface area contributed by atoms with Gasteiger partial charge in [-0.15, -0.1) is 0 Å². The molecule has 2 N–H and O–H groups in total. The quantitative estimate of drug-likeness (QED) is 0.909. The summed E-state index contributed by atoms with van der Waals surface area (Å²) < 4.78 is 10.4. The van der Waals surface area contributed by atoms with Crippen LogP contribution in [0.2, 0.25) is 0 Å². The summed E-state index contributed by atoms with van der Waals surface area (Å²) in [6, 6.07) is 5.14. The molecule has 2 heterocycles. The van der Waals surface area contributed by atoms with Gasteiger partial charge in [0.2, 0.25) is 0 Å². The molecule has 0 atom stereocenters. The standard InChI is InChI=1S/C15H18N4O3/c1-21-13-4-3-10(7-14(13)22-2)18-15(20)19-6-5-11-12(8-19)17-9-16-11/h3-4,7,9H,5-6,8H2,1-2H3,(H,16,17)(H,18,20). The van der Waals surface area contributed by atoms with Crippen LogP contribution in [0, 0.1) is 0 Å². The van der Waals surface area contributed by atoms with Gasteiger partial charge in [-0.1, -0.05) is 0 Å². The molecule has 0 aliphatic carbocycles. The number of nitrogens with one attached hydrogen (secondary N) is 2. The van der Waals surface area contributed by atoms with Crippen LogP contribution in [0.5, 0.6) is 11.5 Å². The van der Waals surface area contributed by atoms with E-state index >= 15 is 0 Å². The highest BCUT2D eigenvalue weighted by Gasteiger charge is 2.22. The Bertz CT molecular complexity index is 683. The van der Waals surface area contributed by atoms with E-state index in [2.05, 4.69) is 15.3 Å². The van der Waals surface area contributed by atoms with E-state index in [1.807, 2.05) is 0 Å². The molecule has 0 saturated carbocycles. The molecule has 7 heteroatoms. The van der Waals surface area contributed by atoms with Gasteiger partial charge in [0.15, 0.2) is 11.5 Å². The third-order valence-corrected chi connectivity index (χ3v) is 3.70. The van der Waals surface area contributed by atoms with Crippen molar-refractivity contribution in [1.29, 1.82) is 0 Å². The molecule has 2 amide bonds. The fourth-order valence-electron chi connectivity index (χ4n) is 2.50. The number of anilines is 1. The number of carbonyl (C=O) groups is 1. The van der Waals surface area contributed by atoms with Gasteiger partial charge in [-0.2, -0.15) is 0 Å². The van der Waals surface area contributed by atoms with Gasteiger partial charge >= 0.3 is 6.03 Å². The number of rotatable bonds is 3. The average Bonchev–Trinajstić information content (AvgIpc) is 3.02. The zero-order valence-electron chi connectivity index (χ0n) is 12.5. The number of benzene rings is 1. The minimum atomic E-state index is -0.146. The summed E-state index contributed by atoms with van der Waals surface area (Å²) >= 11 is 0. The first kappa shape index (κ1) is 14.2. The first-order valence-corrected chi connectivity index (χ1v) is 7.00. The van der Waals surface area contributed by atoms with Gasteiger partial charge in [-0.3, -0.25) is 0 Å². The molecule has 1 aromatic heterocycles. The largest absolute Gasteiger partial charge is 0.493 e. The Kier molecular flexibility index (Phi) is 3.86. The predicted octanol–water partition coefficient (Wildman–Crippen LogP) is 2.02. The second-order valence-corrected chi connectivity index (χ2v) is 5.00. The van der Waals surface area contributed by atoms with Crippen molar-refractivity contribution in [2.45, 2.75) is 13.0 Å². The Labute approximate surface area is 128 Å². The number of H-pyrrole nitrogens is 1. The Morgan fingerprint density at radius 2 is 2.14 bits per heavy atom. The highest BCUT2D eigenvalue weighted by atomic mass is 16.5. The number of hydrogen-bond donors (Lipinski definition) is 2. The van der Waals surface area contributed by atoms with Gasteiger partial charge in [0.1, 0.15) is 0 Å². The van der Waals surface area contributed by atoms with Gasteiger partial charge < -0.3 is 24.7 Å². The second-order valence-electron chi connectivity index (χ2n) is 5.00. The highest BCUT2D eigenvalue weighted by molar-refractivity contribution is 5.89. The zero-order chi connectivity index (χ0) is 15.5. The average molecular weight is 302 g/mol. The third-order valence-electron chi connectivity index (χ3n) is 3.70. The summed E-state index contributed by atoms with van der Waals surface area (Å²) in [5.41, 5.74) is 2.70. The summed E-state index contributed by atoms with van der Waals surface area (Å²) in [5.74, 6) is 1.20. The molecule has 22 heavy (non-hydrogen) atoms. The summed E-state index contributed by atoms with van der Waals surface area (Å²) in [4.78, 5) is 21.4. The van der Waals surface area contributed by atoms with Crippen LogP contribution in [0.25, 0.3) is 0 Å². The van der Waals surface area contributed by atoms with Crippen LogP contribution < -0.4 is 14.8 Å². The minimum absolute atomic E-state index is 0.146. The summed E-state index contributed by atoms with van der Waals surface area (Å²) in [7, 11) is 3.14. The Morgan fingerprint density at radius 1 is 1.32 bits per heavy atom. The van der Waals surface area contributed by atoms with Crippen LogP contribution in [0.15, 0.2) is 24.5 Å². The summed E-state index contributed by atoms with van der Waals surface area (Å²) in [6.07, 6.45) is 2.43. The number of hydrogen-bond acceptors (Lipinski definition) is 4. The van der Waals surface area contributed by atoms with Gasteiger partial charge in [0.25, 0.3) is 0 Å². The van der Waals surface area contributed by atoms with Crippen LogP contribution in [0.3, 0.4) is 0 Å². The SMILES string of the molecule is COc1ccc(NC(=O)N2CCc3nc[nH]c3C2)cc1OC. The van der Waals surface area contributed by atoms with Crippen molar-refractivity contribution in [2.75, 3.05) is 26.1 Å². The molecule has 1 aliphatic heterocycles. The molecule has 3 rings (SSSR count). The minimum Gasteiger partial charge on any atom is -0.493 e. The molecular formula is C15H18N4O3. The zero-order valence-corrected chi connectivity index (χ0v) is 12.5. The number of aromatic amines is 1. The number of amides is 2. The Balaban J connectivity index is 1.70. The number of nitrogens with zero attached hydrogens (tertiary/aromatic N) is 2. The van der Waals surface area contributed by atoms with Crippen molar-refractivity contribution in [3.8, 4) is 11.5 Å². The van der Waals surface area contributed by atoms with Gasteiger partial charge in [0, 0.05) is 24.7 Å². The van der Waals surface area contributed by atoms with Crippen LogP contribution in [0.1, 0.15) is 11.4 Å². The maximum atomic E-state index is 12.4. The van der Waals surface area contributed by atoms with Crippen molar-refractivity contribution in [3.63, 3.8) is 0 Å². The molecule has 2 aromatic rings. The molecule has 1 aliphatic rings. The monoisotopic (exact) mass is 302 g/mol. The molecule has 0 spiro atoms. The van der Waals surface area contributed by atoms with Crippen molar-refractivity contribution >= 4 is 11.7 Å². The van der Waals surface area contributed by atoms with Gasteiger partial charge in [-0.05, 0) is 12.1 Å². The van der Waals surface area contributed by atoms with Crippen LogP contribution >= 0.6 is 0 Å². The van der Waals surface area contributed by atoms with E-state index in [1.54, 1.807) is 43.6 Å². The van der Waals surface area contributed by atoms with E-state index in [0.717, 1.165) is 17.8 Å². The molecule has 0 saturated heterocycles. The fourth-order valence-corrected chi connectivity index (χ4v) is 2.50. The van der Waals surface area contributed by atoms with Gasteiger partial charge in [0.05, 0.1) is 38.5 Å². The number of carbonyl (C=O) groups excluding carboxylic acids is 1. The third kappa shape index (κ3) is 2.69. The maximum Gasteiger partial charge on any atom is 0.322 e. The van der Waals surface area contributed by atoms with Crippen LogP contribution in [-0.4, -0.2) is 41.7 Å². The van der Waals surface area contributed by atoms with Crippen molar-refractivity contribution in [2.24, 2.45) is 0 Å². The lowest BCUT2D eigenvalue weighted by Gasteiger charge is -2.26. The molecule has 0 bridgehead atoms. The van der Waals surface area contributed by atoms with E-state index < -0.39 is 0 Å². The number of aromatic nitrogens is 2. The Hall–Kier alpha value is -2.70. The lowest BCUT2D eigenvalue weighted by molar-refractivity contribution is 0.205. The summed E-state index contributed by atoms with van der Waals surface area (Å²) in [5, 5.41) is 2.88. The smallest absolute Gasteiger partial charge is 0.322 e. The fraction of sp³-hybridized carbons (Fsp3) is 0.333. The van der Waals surface area contributed by atoms with Crippen LogP contribution in [-0.2, 0) is 13.0 Å². The molecular weight excluding hydrogens is 284 g/mol. The molecule has 0 radical (unpaired) electrons. The maximum absolute atomic E-state index is 12.4. The van der Waals surface area contributed by atoms with E-state index in [0.29, 0.717) is 30.3 Å². The predicted molar refractivity (Wildman–Crippen MR) is 81.3 cm³/mol. The molecule has 0 fully saturated rings. The first-order valence-electron chi connectivity index (χ1n) is 7.00. The normalized spacial score (nSPS) is 13.5. The van der Waals surface area contributed by atoms with Crippen molar-refractivity contribution in [3.05, 3.63) is 35.9 Å². The summed E-state index contributed by atoms with van der Waals surface area (Å²) in [6.45, 7) is 1.19. The molecule has 116 valence electrons. The topological polar surface area (TPSA) is 79.5 Å². The number of ether oxygens (including phenoxy) is 2. The van der Waals surface area contributed by atoms with E-state index in [4.69, 9.17) is 9.47 Å². The number of imidazole rings is 1. The van der Waals surface area contributed by atoms with E-state index in [9.17, 15) is 4.79 Å². The van der Waals surface area contributed by atoms with E-state index in [1.165, 1.54) is 0 Å². The lowest BCUT2D eigenvalue weighted by Crippen LogP contribution is -2.38. The van der Waals surface area contributed by atoms with E-state index in [-0.39, 0.29) is 6.03 Å². The first-order chi connectivity index (χ1) is 10.7. The number of fused-ring (bicyclic) bond motifs is 1. The Morgan fingerprint density at radius 3 is 2.91 bits per heavy atom. The van der Waals surface area contributed by atoms with Crippen molar-refractivity contribution in [1.82, 2.24) is 14.9 Å². The number of methoxy groups -OCH3 is 2. The molecule has 1 aromatic carbocycles. The lowest BCUT2D eigenvalue weighted by atomic mass is 10.1.